The standard InChI is InChI=1S/C16H21N3O/c1-3-13(17)11-14-7-8-18-16(19-14)10-12-5-4-6-15(9-12)20-2/h4-9,13H,3,10-11,17H2,1-2H3. The van der Waals surface area contributed by atoms with Crippen LogP contribution in [0.25, 0.3) is 0 Å². The first-order valence-corrected chi connectivity index (χ1v) is 6.90. The molecule has 0 spiro atoms. The molecule has 2 aromatic rings. The maximum Gasteiger partial charge on any atom is 0.132 e. The van der Waals surface area contributed by atoms with E-state index >= 15 is 0 Å². The normalized spacial score (nSPS) is 12.2. The Hall–Kier alpha value is -1.94. The molecule has 0 fully saturated rings. The average Bonchev–Trinajstić information content (AvgIpc) is 2.47. The molecule has 4 nitrogen and oxygen atoms in total. The van der Waals surface area contributed by atoms with Crippen LogP contribution in [0.1, 0.15) is 30.4 Å². The summed E-state index contributed by atoms with van der Waals surface area (Å²) in [4.78, 5) is 8.91. The van der Waals surface area contributed by atoms with Crippen molar-refractivity contribution in [1.29, 1.82) is 0 Å². The Labute approximate surface area is 120 Å². The van der Waals surface area contributed by atoms with Gasteiger partial charge in [0, 0.05) is 30.8 Å². The highest BCUT2D eigenvalue weighted by Crippen LogP contribution is 2.14. The summed E-state index contributed by atoms with van der Waals surface area (Å²) in [5.41, 5.74) is 8.12. The van der Waals surface area contributed by atoms with Gasteiger partial charge in [-0.2, -0.15) is 0 Å². The van der Waals surface area contributed by atoms with Crippen molar-refractivity contribution < 1.29 is 4.74 Å². The van der Waals surface area contributed by atoms with Crippen molar-refractivity contribution in [3.63, 3.8) is 0 Å². The summed E-state index contributed by atoms with van der Waals surface area (Å²) in [6, 6.07) is 10.1. The lowest BCUT2D eigenvalue weighted by molar-refractivity contribution is 0.414. The van der Waals surface area contributed by atoms with Gasteiger partial charge in [0.1, 0.15) is 11.6 Å². The van der Waals surface area contributed by atoms with Gasteiger partial charge in [-0.05, 0) is 30.2 Å². The quantitative estimate of drug-likeness (QED) is 0.876. The largest absolute Gasteiger partial charge is 0.497 e. The lowest BCUT2D eigenvalue weighted by Crippen LogP contribution is -2.22. The molecule has 4 heteroatoms. The zero-order valence-electron chi connectivity index (χ0n) is 12.0. The van der Waals surface area contributed by atoms with Crippen LogP contribution in [0, 0.1) is 0 Å². The van der Waals surface area contributed by atoms with Crippen LogP contribution in [0.2, 0.25) is 0 Å². The van der Waals surface area contributed by atoms with E-state index in [1.165, 1.54) is 0 Å². The number of aromatic nitrogens is 2. The first kappa shape index (κ1) is 14.5. The minimum atomic E-state index is 0.162. The topological polar surface area (TPSA) is 61.0 Å². The van der Waals surface area contributed by atoms with Crippen LogP contribution in [0.5, 0.6) is 5.75 Å². The Bertz CT molecular complexity index is 557. The molecule has 1 unspecified atom stereocenters. The van der Waals surface area contributed by atoms with Crippen LogP contribution in [-0.2, 0) is 12.8 Å². The molecule has 20 heavy (non-hydrogen) atoms. The van der Waals surface area contributed by atoms with Crippen LogP contribution >= 0.6 is 0 Å². The molecule has 0 aliphatic carbocycles. The molecule has 0 radical (unpaired) electrons. The predicted octanol–water partition coefficient (Wildman–Crippen LogP) is 2.36. The van der Waals surface area contributed by atoms with Gasteiger partial charge >= 0.3 is 0 Å². The van der Waals surface area contributed by atoms with Gasteiger partial charge in [0.2, 0.25) is 0 Å². The predicted molar refractivity (Wildman–Crippen MR) is 79.8 cm³/mol. The molecule has 106 valence electrons. The third kappa shape index (κ3) is 4.03. The molecule has 1 aromatic heterocycles. The maximum atomic E-state index is 5.97. The summed E-state index contributed by atoms with van der Waals surface area (Å²) in [5, 5.41) is 0. The van der Waals surface area contributed by atoms with Crippen molar-refractivity contribution in [3.05, 3.63) is 53.6 Å². The zero-order valence-corrected chi connectivity index (χ0v) is 12.0. The summed E-state index contributed by atoms with van der Waals surface area (Å²) in [5.74, 6) is 1.67. The van der Waals surface area contributed by atoms with Gasteiger partial charge in [0.05, 0.1) is 7.11 Å². The first-order valence-electron chi connectivity index (χ1n) is 6.90. The average molecular weight is 271 g/mol. The van der Waals surface area contributed by atoms with Crippen LogP contribution < -0.4 is 10.5 Å². The van der Waals surface area contributed by atoms with E-state index in [1.807, 2.05) is 24.3 Å². The fraction of sp³-hybridized carbons (Fsp3) is 0.375. The third-order valence-electron chi connectivity index (χ3n) is 3.26. The number of nitrogens with two attached hydrogens (primary N) is 1. The fourth-order valence-corrected chi connectivity index (χ4v) is 2.02. The number of hydrogen-bond acceptors (Lipinski definition) is 4. The molecule has 1 heterocycles. The number of ether oxygens (including phenoxy) is 1. The highest BCUT2D eigenvalue weighted by Gasteiger charge is 2.06. The van der Waals surface area contributed by atoms with Gasteiger partial charge in [0.15, 0.2) is 0 Å². The molecule has 0 saturated heterocycles. The Morgan fingerprint density at radius 3 is 2.90 bits per heavy atom. The number of benzene rings is 1. The number of methoxy groups -OCH3 is 1. The molecule has 0 bridgehead atoms. The van der Waals surface area contributed by atoms with Gasteiger partial charge in [-0.3, -0.25) is 0 Å². The number of hydrogen-bond donors (Lipinski definition) is 1. The van der Waals surface area contributed by atoms with Crippen molar-refractivity contribution in [1.82, 2.24) is 9.97 Å². The van der Waals surface area contributed by atoms with E-state index < -0.39 is 0 Å². The summed E-state index contributed by atoms with van der Waals surface area (Å²) in [7, 11) is 1.67. The van der Waals surface area contributed by atoms with Gasteiger partial charge in [-0.25, -0.2) is 9.97 Å². The first-order chi connectivity index (χ1) is 9.71. The lowest BCUT2D eigenvalue weighted by atomic mass is 10.1. The Morgan fingerprint density at radius 2 is 2.15 bits per heavy atom. The van der Waals surface area contributed by atoms with Crippen LogP contribution in [-0.4, -0.2) is 23.1 Å². The maximum absolute atomic E-state index is 5.97. The van der Waals surface area contributed by atoms with E-state index in [1.54, 1.807) is 13.3 Å². The molecule has 0 aliphatic heterocycles. The second-order valence-electron chi connectivity index (χ2n) is 4.86. The molecule has 2 rings (SSSR count). The lowest BCUT2D eigenvalue weighted by Gasteiger charge is -2.09. The molecule has 0 saturated carbocycles. The molecule has 1 atom stereocenters. The summed E-state index contributed by atoms with van der Waals surface area (Å²) < 4.78 is 5.23. The van der Waals surface area contributed by atoms with Gasteiger partial charge in [-0.15, -0.1) is 0 Å². The smallest absolute Gasteiger partial charge is 0.132 e. The Morgan fingerprint density at radius 1 is 1.30 bits per heavy atom. The van der Waals surface area contributed by atoms with Crippen molar-refractivity contribution >= 4 is 0 Å². The number of rotatable bonds is 6. The fourth-order valence-electron chi connectivity index (χ4n) is 2.02. The Kier molecular flexibility index (Phi) is 5.07. The van der Waals surface area contributed by atoms with Crippen molar-refractivity contribution in [3.8, 4) is 5.75 Å². The molecule has 0 aliphatic rings. The van der Waals surface area contributed by atoms with E-state index in [9.17, 15) is 0 Å². The minimum Gasteiger partial charge on any atom is -0.497 e. The monoisotopic (exact) mass is 271 g/mol. The number of nitrogens with zero attached hydrogens (tertiary/aromatic N) is 2. The highest BCUT2D eigenvalue weighted by atomic mass is 16.5. The van der Waals surface area contributed by atoms with Gasteiger partial charge < -0.3 is 10.5 Å². The van der Waals surface area contributed by atoms with Crippen molar-refractivity contribution in [2.24, 2.45) is 5.73 Å². The molecular formula is C16H21N3O. The molecule has 2 N–H and O–H groups in total. The van der Waals surface area contributed by atoms with E-state index in [0.29, 0.717) is 6.42 Å². The zero-order chi connectivity index (χ0) is 14.4. The third-order valence-corrected chi connectivity index (χ3v) is 3.26. The second-order valence-corrected chi connectivity index (χ2v) is 4.86. The summed E-state index contributed by atoms with van der Waals surface area (Å²) >= 11 is 0. The van der Waals surface area contributed by atoms with E-state index in [0.717, 1.165) is 35.7 Å². The van der Waals surface area contributed by atoms with Gasteiger partial charge in [0.25, 0.3) is 0 Å². The van der Waals surface area contributed by atoms with Crippen LogP contribution in [0.4, 0.5) is 0 Å². The van der Waals surface area contributed by atoms with E-state index in [-0.39, 0.29) is 6.04 Å². The molecular weight excluding hydrogens is 250 g/mol. The van der Waals surface area contributed by atoms with Crippen LogP contribution in [0.15, 0.2) is 36.5 Å². The SMILES string of the molecule is CCC(N)Cc1ccnc(Cc2cccc(OC)c2)n1. The minimum absolute atomic E-state index is 0.162. The van der Waals surface area contributed by atoms with Gasteiger partial charge in [-0.1, -0.05) is 19.1 Å². The van der Waals surface area contributed by atoms with Crippen LogP contribution in [0.3, 0.4) is 0 Å². The van der Waals surface area contributed by atoms with E-state index in [4.69, 9.17) is 10.5 Å². The van der Waals surface area contributed by atoms with E-state index in [2.05, 4.69) is 23.0 Å². The summed E-state index contributed by atoms with van der Waals surface area (Å²) in [6.45, 7) is 2.09. The highest BCUT2D eigenvalue weighted by molar-refractivity contribution is 5.30. The Balaban J connectivity index is 2.10. The second kappa shape index (κ2) is 7.01. The molecule has 0 amide bonds. The summed E-state index contributed by atoms with van der Waals surface area (Å²) in [6.07, 6.45) is 4.26. The molecule has 1 aromatic carbocycles. The van der Waals surface area contributed by atoms with Crippen molar-refractivity contribution in [2.45, 2.75) is 32.2 Å². The van der Waals surface area contributed by atoms with Crippen molar-refractivity contribution in [2.75, 3.05) is 7.11 Å².